The molecule has 2 atom stereocenters. The first kappa shape index (κ1) is 13.9. The van der Waals surface area contributed by atoms with Crippen LogP contribution in [0, 0.1) is 0 Å². The van der Waals surface area contributed by atoms with Crippen molar-refractivity contribution in [2.45, 2.75) is 65.0 Å². The minimum atomic E-state index is 0.354. The summed E-state index contributed by atoms with van der Waals surface area (Å²) in [4.78, 5) is 2.43. The molecule has 0 radical (unpaired) electrons. The van der Waals surface area contributed by atoms with Crippen LogP contribution >= 0.6 is 0 Å². The smallest absolute Gasteiger partial charge is 0.0241 e. The van der Waals surface area contributed by atoms with E-state index in [1.807, 2.05) is 0 Å². The summed E-state index contributed by atoms with van der Waals surface area (Å²) in [5, 5.41) is 0. The summed E-state index contributed by atoms with van der Waals surface area (Å²) >= 11 is 0. The molecule has 0 spiro atoms. The van der Waals surface area contributed by atoms with Crippen molar-refractivity contribution in [3.8, 4) is 0 Å². The Morgan fingerprint density at radius 3 is 2.21 bits per heavy atom. The summed E-state index contributed by atoms with van der Waals surface area (Å²) in [5.41, 5.74) is 6.17. The normalized spacial score (nSPS) is 15.9. The van der Waals surface area contributed by atoms with Crippen molar-refractivity contribution < 1.29 is 0 Å². The lowest BCUT2D eigenvalue weighted by Gasteiger charge is -2.31. The Bertz CT molecular complexity index is 125. The minimum absolute atomic E-state index is 0.354. The highest BCUT2D eigenvalue weighted by atomic mass is 15.1. The zero-order valence-electron chi connectivity index (χ0n) is 10.4. The molecule has 0 aromatic carbocycles. The molecule has 2 unspecified atom stereocenters. The Morgan fingerprint density at radius 1 is 1.14 bits per heavy atom. The van der Waals surface area contributed by atoms with Gasteiger partial charge in [0.15, 0.2) is 0 Å². The van der Waals surface area contributed by atoms with E-state index in [9.17, 15) is 0 Å². The number of rotatable bonds is 8. The number of likely N-dealkylation sites (N-methyl/N-ethyl adjacent to an activating group) is 1. The molecule has 0 fully saturated rings. The minimum Gasteiger partial charge on any atom is -0.326 e. The predicted molar refractivity (Wildman–Crippen MR) is 64.5 cm³/mol. The molecule has 0 heterocycles. The van der Waals surface area contributed by atoms with Gasteiger partial charge < -0.3 is 10.6 Å². The van der Waals surface area contributed by atoms with Crippen LogP contribution in [0.1, 0.15) is 52.9 Å². The van der Waals surface area contributed by atoms with Crippen molar-refractivity contribution >= 4 is 0 Å². The van der Waals surface area contributed by atoms with E-state index in [4.69, 9.17) is 5.73 Å². The van der Waals surface area contributed by atoms with Gasteiger partial charge in [0.05, 0.1) is 0 Å². The summed E-state index contributed by atoms with van der Waals surface area (Å²) in [6.45, 7) is 7.87. The van der Waals surface area contributed by atoms with E-state index < -0.39 is 0 Å². The lowest BCUT2D eigenvalue weighted by molar-refractivity contribution is 0.196. The second kappa shape index (κ2) is 8.25. The maximum absolute atomic E-state index is 6.17. The first-order valence-electron chi connectivity index (χ1n) is 6.13. The van der Waals surface area contributed by atoms with Crippen molar-refractivity contribution in [3.63, 3.8) is 0 Å². The number of nitrogens with two attached hydrogens (primary N) is 1. The van der Waals surface area contributed by atoms with Gasteiger partial charge in [-0.15, -0.1) is 0 Å². The molecule has 0 aliphatic carbocycles. The SMILES string of the molecule is CCCCN(C)C(CC)C(N)CCC. The highest BCUT2D eigenvalue weighted by Gasteiger charge is 2.18. The molecule has 14 heavy (non-hydrogen) atoms. The topological polar surface area (TPSA) is 29.3 Å². The van der Waals surface area contributed by atoms with Crippen molar-refractivity contribution in [1.82, 2.24) is 4.90 Å². The Labute approximate surface area is 89.9 Å². The van der Waals surface area contributed by atoms with Gasteiger partial charge in [0, 0.05) is 12.1 Å². The third-order valence-corrected chi connectivity index (χ3v) is 2.97. The lowest BCUT2D eigenvalue weighted by Crippen LogP contribution is -2.45. The molecule has 0 aromatic heterocycles. The highest BCUT2D eigenvalue weighted by Crippen LogP contribution is 2.10. The summed E-state index contributed by atoms with van der Waals surface area (Å²) in [6.07, 6.45) is 6.06. The van der Waals surface area contributed by atoms with Crippen LogP contribution in [0.15, 0.2) is 0 Å². The molecule has 0 aromatic rings. The first-order valence-corrected chi connectivity index (χ1v) is 6.13. The number of hydrogen-bond donors (Lipinski definition) is 1. The Morgan fingerprint density at radius 2 is 1.79 bits per heavy atom. The molecule has 2 nitrogen and oxygen atoms in total. The molecule has 0 bridgehead atoms. The molecule has 2 heteroatoms. The van der Waals surface area contributed by atoms with Gasteiger partial charge in [-0.25, -0.2) is 0 Å². The quantitative estimate of drug-likeness (QED) is 0.652. The van der Waals surface area contributed by atoms with E-state index in [0.717, 1.165) is 6.42 Å². The molecule has 2 N–H and O–H groups in total. The van der Waals surface area contributed by atoms with Gasteiger partial charge >= 0.3 is 0 Å². The monoisotopic (exact) mass is 200 g/mol. The van der Waals surface area contributed by atoms with E-state index >= 15 is 0 Å². The Balaban J connectivity index is 3.96. The fraction of sp³-hybridized carbons (Fsp3) is 1.00. The van der Waals surface area contributed by atoms with E-state index in [1.54, 1.807) is 0 Å². The van der Waals surface area contributed by atoms with Crippen molar-refractivity contribution in [3.05, 3.63) is 0 Å². The molecular weight excluding hydrogens is 172 g/mol. The van der Waals surface area contributed by atoms with Gasteiger partial charge in [-0.3, -0.25) is 0 Å². The Kier molecular flexibility index (Phi) is 8.20. The van der Waals surface area contributed by atoms with Crippen LogP contribution in [0.5, 0.6) is 0 Å². The van der Waals surface area contributed by atoms with Crippen LogP contribution in [0.25, 0.3) is 0 Å². The van der Waals surface area contributed by atoms with Crippen LogP contribution in [0.4, 0.5) is 0 Å². The van der Waals surface area contributed by atoms with Gasteiger partial charge in [-0.05, 0) is 32.9 Å². The van der Waals surface area contributed by atoms with Gasteiger partial charge in [-0.2, -0.15) is 0 Å². The van der Waals surface area contributed by atoms with Crippen molar-refractivity contribution in [2.75, 3.05) is 13.6 Å². The number of nitrogens with zero attached hydrogens (tertiary/aromatic N) is 1. The number of unbranched alkanes of at least 4 members (excludes halogenated alkanes) is 1. The molecule has 0 saturated carbocycles. The molecular formula is C12H28N2. The fourth-order valence-electron chi connectivity index (χ4n) is 2.04. The van der Waals surface area contributed by atoms with E-state index in [0.29, 0.717) is 12.1 Å². The van der Waals surface area contributed by atoms with Crippen LogP contribution in [-0.4, -0.2) is 30.6 Å². The molecule has 0 saturated heterocycles. The van der Waals surface area contributed by atoms with E-state index in [1.165, 1.54) is 32.2 Å². The summed E-state index contributed by atoms with van der Waals surface area (Å²) in [6, 6.07) is 0.924. The van der Waals surface area contributed by atoms with Crippen LogP contribution in [-0.2, 0) is 0 Å². The van der Waals surface area contributed by atoms with Gasteiger partial charge in [0.1, 0.15) is 0 Å². The molecule has 0 amide bonds. The van der Waals surface area contributed by atoms with E-state index in [2.05, 4.69) is 32.7 Å². The zero-order chi connectivity index (χ0) is 11.0. The summed E-state index contributed by atoms with van der Waals surface area (Å²) < 4.78 is 0. The predicted octanol–water partition coefficient (Wildman–Crippen LogP) is 2.62. The zero-order valence-corrected chi connectivity index (χ0v) is 10.4. The first-order chi connectivity index (χ1) is 6.67. The van der Waals surface area contributed by atoms with Crippen LogP contribution in [0.3, 0.4) is 0 Å². The second-order valence-electron chi connectivity index (χ2n) is 4.26. The highest BCUT2D eigenvalue weighted by molar-refractivity contribution is 4.78. The summed E-state index contributed by atoms with van der Waals surface area (Å²) in [5.74, 6) is 0. The number of hydrogen-bond acceptors (Lipinski definition) is 2. The maximum Gasteiger partial charge on any atom is 0.0241 e. The third kappa shape index (κ3) is 4.97. The van der Waals surface area contributed by atoms with Gasteiger partial charge in [-0.1, -0.05) is 33.6 Å². The third-order valence-electron chi connectivity index (χ3n) is 2.97. The molecule has 0 aliphatic heterocycles. The average molecular weight is 200 g/mol. The van der Waals surface area contributed by atoms with Crippen LogP contribution in [0.2, 0.25) is 0 Å². The second-order valence-corrected chi connectivity index (χ2v) is 4.26. The summed E-state index contributed by atoms with van der Waals surface area (Å²) in [7, 11) is 2.21. The van der Waals surface area contributed by atoms with E-state index in [-0.39, 0.29) is 0 Å². The fourth-order valence-corrected chi connectivity index (χ4v) is 2.04. The van der Waals surface area contributed by atoms with Crippen molar-refractivity contribution in [2.24, 2.45) is 5.73 Å². The molecule has 0 rings (SSSR count). The van der Waals surface area contributed by atoms with Gasteiger partial charge in [0.2, 0.25) is 0 Å². The van der Waals surface area contributed by atoms with Crippen molar-refractivity contribution in [1.29, 1.82) is 0 Å². The average Bonchev–Trinajstić information content (AvgIpc) is 2.16. The lowest BCUT2D eigenvalue weighted by atomic mass is 10.0. The Hall–Kier alpha value is -0.0800. The van der Waals surface area contributed by atoms with Gasteiger partial charge in [0.25, 0.3) is 0 Å². The molecule has 86 valence electrons. The standard InChI is InChI=1S/C12H28N2/c1-5-8-10-14(4)12(7-3)11(13)9-6-2/h11-12H,5-10,13H2,1-4H3. The largest absolute Gasteiger partial charge is 0.326 e. The maximum atomic E-state index is 6.17. The van der Waals surface area contributed by atoms with Crippen LogP contribution < -0.4 is 5.73 Å². The molecule has 0 aliphatic rings.